The van der Waals surface area contributed by atoms with Gasteiger partial charge in [0.25, 0.3) is 0 Å². The molecule has 0 radical (unpaired) electrons. The van der Waals surface area contributed by atoms with Crippen molar-refractivity contribution in [2.75, 3.05) is 10.9 Å². The van der Waals surface area contributed by atoms with Crippen LogP contribution in [-0.4, -0.2) is 12.4 Å². The molecule has 0 aliphatic carbocycles. The summed E-state index contributed by atoms with van der Waals surface area (Å²) in [5, 5.41) is 8.34. The Morgan fingerprint density at radius 2 is 1.10 bits per heavy atom. The predicted molar refractivity (Wildman–Crippen MR) is 91.0 cm³/mol. The maximum absolute atomic E-state index is 4.17. The van der Waals surface area contributed by atoms with E-state index in [9.17, 15) is 0 Å². The van der Waals surface area contributed by atoms with Crippen LogP contribution in [0.15, 0.2) is 70.9 Å². The van der Waals surface area contributed by atoms with E-state index in [0.717, 1.165) is 30.6 Å². The molecular formula is C17H20N4. The molecule has 0 heterocycles. The summed E-state index contributed by atoms with van der Waals surface area (Å²) in [5.41, 5.74) is 7.99. The summed E-state index contributed by atoms with van der Waals surface area (Å²) in [5.74, 6) is 0. The van der Waals surface area contributed by atoms with Crippen molar-refractivity contribution in [1.29, 1.82) is 0 Å². The fourth-order valence-electron chi connectivity index (χ4n) is 1.70. The van der Waals surface area contributed by atoms with Gasteiger partial charge in [-0.05, 0) is 43.5 Å². The zero-order valence-corrected chi connectivity index (χ0v) is 11.9. The summed E-state index contributed by atoms with van der Waals surface area (Å²) in [6, 6.07) is 19.8. The number of hydrogen-bond donors (Lipinski definition) is 2. The zero-order chi connectivity index (χ0) is 14.6. The Morgan fingerprint density at radius 3 is 1.52 bits per heavy atom. The molecule has 0 aromatic heterocycles. The number of hydrogen-bond acceptors (Lipinski definition) is 4. The van der Waals surface area contributed by atoms with Crippen LogP contribution < -0.4 is 10.9 Å². The van der Waals surface area contributed by atoms with Gasteiger partial charge in [-0.3, -0.25) is 10.9 Å². The number of nitrogens with one attached hydrogen (secondary N) is 2. The molecule has 0 amide bonds. The summed E-state index contributed by atoms with van der Waals surface area (Å²) in [6.07, 6.45) is 6.67. The van der Waals surface area contributed by atoms with Crippen LogP contribution in [0.4, 0.5) is 11.4 Å². The van der Waals surface area contributed by atoms with Crippen LogP contribution in [0.1, 0.15) is 19.3 Å². The van der Waals surface area contributed by atoms with E-state index in [4.69, 9.17) is 0 Å². The molecule has 4 nitrogen and oxygen atoms in total. The minimum atomic E-state index is 0.928. The van der Waals surface area contributed by atoms with Gasteiger partial charge in [0.15, 0.2) is 0 Å². The number of hydrazone groups is 2. The maximum Gasteiger partial charge on any atom is 0.0561 e. The van der Waals surface area contributed by atoms with Crippen LogP contribution in [0, 0.1) is 0 Å². The van der Waals surface area contributed by atoms with Crippen molar-refractivity contribution in [2.24, 2.45) is 10.2 Å². The molecule has 0 aliphatic rings. The Labute approximate surface area is 125 Å². The quantitative estimate of drug-likeness (QED) is 0.429. The van der Waals surface area contributed by atoms with Gasteiger partial charge in [0.1, 0.15) is 0 Å². The first-order valence-electron chi connectivity index (χ1n) is 7.10. The van der Waals surface area contributed by atoms with Gasteiger partial charge >= 0.3 is 0 Å². The van der Waals surface area contributed by atoms with Crippen LogP contribution >= 0.6 is 0 Å². The topological polar surface area (TPSA) is 48.8 Å². The molecule has 0 spiro atoms. The molecule has 108 valence electrons. The van der Waals surface area contributed by atoms with Gasteiger partial charge < -0.3 is 0 Å². The van der Waals surface area contributed by atoms with Crippen molar-refractivity contribution >= 4 is 23.8 Å². The van der Waals surface area contributed by atoms with E-state index in [1.165, 1.54) is 0 Å². The molecule has 4 heteroatoms. The lowest BCUT2D eigenvalue weighted by molar-refractivity contribution is 0.940. The summed E-state index contributed by atoms with van der Waals surface area (Å²) in [7, 11) is 0. The molecule has 0 saturated heterocycles. The molecule has 0 bridgehead atoms. The summed E-state index contributed by atoms with van der Waals surface area (Å²) < 4.78 is 0. The average Bonchev–Trinajstić information content (AvgIpc) is 2.55. The third-order valence-electron chi connectivity index (χ3n) is 2.78. The van der Waals surface area contributed by atoms with Gasteiger partial charge in [-0.15, -0.1) is 0 Å². The molecule has 0 atom stereocenters. The molecule has 21 heavy (non-hydrogen) atoms. The largest absolute Gasteiger partial charge is 0.279 e. The fraction of sp³-hybridized carbons (Fsp3) is 0.176. The van der Waals surface area contributed by atoms with Gasteiger partial charge in [-0.1, -0.05) is 36.4 Å². The standard InChI is InChI=1S/C17H20N4/c1-4-10-16(11-5-1)20-18-14-8-3-9-15-19-21-17-12-6-2-7-13-17/h1-2,4-7,10-15,20-21H,3,8-9H2/b18-14+,19-15+. The fourth-order valence-corrected chi connectivity index (χ4v) is 1.70. The first-order valence-corrected chi connectivity index (χ1v) is 7.10. The number of rotatable bonds is 8. The van der Waals surface area contributed by atoms with Gasteiger partial charge in [-0.25, -0.2) is 0 Å². The molecule has 0 aliphatic heterocycles. The van der Waals surface area contributed by atoms with Crippen molar-refractivity contribution in [3.8, 4) is 0 Å². The van der Waals surface area contributed by atoms with Crippen LogP contribution in [0.5, 0.6) is 0 Å². The monoisotopic (exact) mass is 280 g/mol. The molecule has 0 unspecified atom stereocenters. The lowest BCUT2D eigenvalue weighted by Gasteiger charge is -1.98. The lowest BCUT2D eigenvalue weighted by Crippen LogP contribution is -1.90. The summed E-state index contributed by atoms with van der Waals surface area (Å²) >= 11 is 0. The third kappa shape index (κ3) is 6.38. The predicted octanol–water partition coefficient (Wildman–Crippen LogP) is 4.35. The highest BCUT2D eigenvalue weighted by Crippen LogP contribution is 2.05. The number of unbranched alkanes of at least 4 members (excludes halogenated alkanes) is 2. The second kappa shape index (κ2) is 9.31. The molecule has 2 aromatic carbocycles. The first-order chi connectivity index (χ1) is 10.4. The Bertz CT molecular complexity index is 498. The highest BCUT2D eigenvalue weighted by Gasteiger charge is 1.86. The average molecular weight is 280 g/mol. The summed E-state index contributed by atoms with van der Waals surface area (Å²) in [4.78, 5) is 0. The minimum absolute atomic E-state index is 0.928. The van der Waals surface area contributed by atoms with Crippen LogP contribution in [0.3, 0.4) is 0 Å². The van der Waals surface area contributed by atoms with Crippen molar-refractivity contribution in [2.45, 2.75) is 19.3 Å². The van der Waals surface area contributed by atoms with Crippen LogP contribution in [0.25, 0.3) is 0 Å². The van der Waals surface area contributed by atoms with Gasteiger partial charge in [-0.2, -0.15) is 10.2 Å². The van der Waals surface area contributed by atoms with Crippen molar-refractivity contribution in [3.63, 3.8) is 0 Å². The molecule has 2 rings (SSSR count). The molecule has 2 aromatic rings. The Balaban J connectivity index is 1.54. The zero-order valence-electron chi connectivity index (χ0n) is 11.9. The number of para-hydroxylation sites is 2. The molecular weight excluding hydrogens is 260 g/mol. The van der Waals surface area contributed by atoms with Gasteiger partial charge in [0, 0.05) is 12.4 Å². The number of nitrogens with zero attached hydrogens (tertiary/aromatic N) is 2. The van der Waals surface area contributed by atoms with E-state index in [1.54, 1.807) is 0 Å². The molecule has 0 saturated carbocycles. The van der Waals surface area contributed by atoms with E-state index in [0.29, 0.717) is 0 Å². The normalized spacial score (nSPS) is 11.0. The van der Waals surface area contributed by atoms with Crippen LogP contribution in [0.2, 0.25) is 0 Å². The Kier molecular flexibility index (Phi) is 6.55. The third-order valence-corrected chi connectivity index (χ3v) is 2.78. The van der Waals surface area contributed by atoms with Gasteiger partial charge in [0.05, 0.1) is 11.4 Å². The van der Waals surface area contributed by atoms with E-state index in [-0.39, 0.29) is 0 Å². The van der Waals surface area contributed by atoms with E-state index in [2.05, 4.69) is 21.1 Å². The van der Waals surface area contributed by atoms with E-state index >= 15 is 0 Å². The van der Waals surface area contributed by atoms with Crippen molar-refractivity contribution in [1.82, 2.24) is 0 Å². The number of benzene rings is 2. The highest BCUT2D eigenvalue weighted by atomic mass is 15.3. The molecule has 2 N–H and O–H groups in total. The SMILES string of the molecule is C(/CCC/C=N/Nc1ccccc1)=N\Nc1ccccc1. The second-order valence-corrected chi connectivity index (χ2v) is 4.51. The Morgan fingerprint density at radius 1 is 0.667 bits per heavy atom. The second-order valence-electron chi connectivity index (χ2n) is 4.51. The number of anilines is 2. The van der Waals surface area contributed by atoms with Crippen LogP contribution in [-0.2, 0) is 0 Å². The van der Waals surface area contributed by atoms with Crippen molar-refractivity contribution < 1.29 is 0 Å². The lowest BCUT2D eigenvalue weighted by atomic mass is 10.3. The van der Waals surface area contributed by atoms with E-state index < -0.39 is 0 Å². The van der Waals surface area contributed by atoms with E-state index in [1.807, 2.05) is 73.1 Å². The first kappa shape index (κ1) is 14.8. The maximum atomic E-state index is 4.17. The highest BCUT2D eigenvalue weighted by molar-refractivity contribution is 5.62. The summed E-state index contributed by atoms with van der Waals surface area (Å²) in [6.45, 7) is 0. The van der Waals surface area contributed by atoms with Gasteiger partial charge in [0.2, 0.25) is 0 Å². The minimum Gasteiger partial charge on any atom is -0.279 e. The van der Waals surface area contributed by atoms with Crippen molar-refractivity contribution in [3.05, 3.63) is 60.7 Å². The Hall–Kier alpha value is -2.62. The smallest absolute Gasteiger partial charge is 0.0561 e. The molecule has 0 fully saturated rings.